The summed E-state index contributed by atoms with van der Waals surface area (Å²) in [5.74, 6) is -0.531. The number of benzene rings is 1. The maximum atomic E-state index is 12.1. The molecule has 1 aromatic carbocycles. The first-order valence-corrected chi connectivity index (χ1v) is 9.39. The Bertz CT molecular complexity index is 815. The van der Waals surface area contributed by atoms with Gasteiger partial charge in [-0.05, 0) is 24.6 Å². The predicted octanol–water partition coefficient (Wildman–Crippen LogP) is 0.889. The Morgan fingerprint density at radius 1 is 1.25 bits per heavy atom. The Morgan fingerprint density at radius 2 is 2.04 bits per heavy atom. The molecule has 0 unspecified atom stereocenters. The lowest BCUT2D eigenvalue weighted by atomic mass is 10.2. The van der Waals surface area contributed by atoms with Crippen molar-refractivity contribution in [3.05, 3.63) is 23.2 Å². The van der Waals surface area contributed by atoms with Gasteiger partial charge in [0.1, 0.15) is 6.54 Å². The molecular weight excluding hydrogens is 386 g/mol. The molecule has 0 radical (unpaired) electrons. The molecule has 2 aliphatic heterocycles. The Morgan fingerprint density at radius 3 is 2.68 bits per heavy atom. The topological polar surface area (TPSA) is 102 Å². The summed E-state index contributed by atoms with van der Waals surface area (Å²) in [6.45, 7) is 1.76. The number of amides is 5. The van der Waals surface area contributed by atoms with Gasteiger partial charge in [0.2, 0.25) is 17.7 Å². The van der Waals surface area contributed by atoms with Gasteiger partial charge >= 0.3 is 6.03 Å². The summed E-state index contributed by atoms with van der Waals surface area (Å²) in [6.07, 6.45) is 0.554. The molecule has 2 fully saturated rings. The van der Waals surface area contributed by atoms with Gasteiger partial charge in [-0.1, -0.05) is 11.6 Å². The largest absolute Gasteiger partial charge is 0.359 e. The van der Waals surface area contributed by atoms with E-state index in [1.807, 2.05) is 4.90 Å². The minimum Gasteiger partial charge on any atom is -0.359 e. The van der Waals surface area contributed by atoms with Crippen LogP contribution >= 0.6 is 11.6 Å². The second kappa shape index (κ2) is 8.47. The Balaban J connectivity index is 1.50. The third-order valence-electron chi connectivity index (χ3n) is 4.63. The number of urea groups is 1. The molecule has 1 aromatic rings. The lowest BCUT2D eigenvalue weighted by molar-refractivity contribution is -0.125. The molecule has 5 amide bonds. The maximum absolute atomic E-state index is 12.1. The number of carbonyl (C=O) groups excluding carboxylic acids is 4. The highest BCUT2D eigenvalue weighted by Gasteiger charge is 2.32. The van der Waals surface area contributed by atoms with Crippen LogP contribution in [0.1, 0.15) is 12.8 Å². The summed E-state index contributed by atoms with van der Waals surface area (Å²) in [5.41, 5.74) is 1.29. The summed E-state index contributed by atoms with van der Waals surface area (Å²) in [4.78, 5) is 51.5. The average molecular weight is 408 g/mol. The molecule has 0 bridgehead atoms. The van der Waals surface area contributed by atoms with Crippen molar-refractivity contribution in [1.82, 2.24) is 15.1 Å². The molecule has 0 saturated carbocycles. The summed E-state index contributed by atoms with van der Waals surface area (Å²) in [7, 11) is 1.57. The van der Waals surface area contributed by atoms with Crippen LogP contribution in [0.3, 0.4) is 0 Å². The smallest absolute Gasteiger partial charge is 0.326 e. The van der Waals surface area contributed by atoms with E-state index in [4.69, 9.17) is 11.6 Å². The zero-order valence-corrected chi connectivity index (χ0v) is 16.3. The number of hydrogen-bond donors (Lipinski definition) is 2. The summed E-state index contributed by atoms with van der Waals surface area (Å²) >= 11 is 6.32. The van der Waals surface area contributed by atoms with Crippen LogP contribution < -0.4 is 15.5 Å². The average Bonchev–Trinajstić information content (AvgIpc) is 2.88. The monoisotopic (exact) mass is 407 g/mol. The van der Waals surface area contributed by atoms with Crippen LogP contribution in [-0.2, 0) is 14.4 Å². The quantitative estimate of drug-likeness (QED) is 0.682. The van der Waals surface area contributed by atoms with Crippen LogP contribution in [0.2, 0.25) is 5.02 Å². The predicted molar refractivity (Wildman–Crippen MR) is 104 cm³/mol. The molecule has 10 heteroatoms. The zero-order valence-electron chi connectivity index (χ0n) is 15.5. The Hall–Kier alpha value is -2.81. The number of imide groups is 1. The standard InChI is InChI=1S/C18H22ClN5O4/c1-22-11-17(27)24(18(22)28)7-2-3-15(25)21-12-4-5-14(13(19)9-12)23-8-6-20-16(26)10-23/h4-5,9H,2-3,6-8,10-11H2,1H3,(H,20,26)(H,21,25). The second-order valence-corrected chi connectivity index (χ2v) is 7.18. The fraction of sp³-hybridized carbons (Fsp3) is 0.444. The summed E-state index contributed by atoms with van der Waals surface area (Å²) < 4.78 is 0. The SMILES string of the molecule is CN1CC(=O)N(CCCC(=O)Nc2ccc(N3CCNC(=O)C3)c(Cl)c2)C1=O. The van der Waals surface area contributed by atoms with Gasteiger partial charge in [-0.15, -0.1) is 0 Å². The van der Waals surface area contributed by atoms with Gasteiger partial charge in [0, 0.05) is 38.8 Å². The van der Waals surface area contributed by atoms with Crippen molar-refractivity contribution in [2.75, 3.05) is 50.0 Å². The first-order chi connectivity index (χ1) is 13.3. The maximum Gasteiger partial charge on any atom is 0.326 e. The third kappa shape index (κ3) is 4.53. The molecular formula is C18H22ClN5O4. The van der Waals surface area contributed by atoms with Crippen molar-refractivity contribution in [2.45, 2.75) is 12.8 Å². The molecule has 2 heterocycles. The summed E-state index contributed by atoms with van der Waals surface area (Å²) in [5, 5.41) is 5.96. The number of halogens is 1. The van der Waals surface area contributed by atoms with Crippen LogP contribution in [0.4, 0.5) is 16.2 Å². The van der Waals surface area contributed by atoms with E-state index in [-0.39, 0.29) is 49.8 Å². The molecule has 2 saturated heterocycles. The highest BCUT2D eigenvalue weighted by molar-refractivity contribution is 6.33. The molecule has 0 aromatic heterocycles. The molecule has 0 spiro atoms. The van der Waals surface area contributed by atoms with Gasteiger partial charge in [0.15, 0.2) is 0 Å². The number of likely N-dealkylation sites (N-methyl/N-ethyl adjacent to an activating group) is 1. The van der Waals surface area contributed by atoms with Gasteiger partial charge in [-0.2, -0.15) is 0 Å². The first kappa shape index (κ1) is 19.9. The van der Waals surface area contributed by atoms with Crippen molar-refractivity contribution >= 4 is 46.7 Å². The number of nitrogens with one attached hydrogen (secondary N) is 2. The third-order valence-corrected chi connectivity index (χ3v) is 4.93. The second-order valence-electron chi connectivity index (χ2n) is 6.77. The van der Waals surface area contributed by atoms with Gasteiger partial charge in [-0.3, -0.25) is 19.3 Å². The molecule has 2 aliphatic rings. The van der Waals surface area contributed by atoms with E-state index in [0.717, 1.165) is 10.6 Å². The number of anilines is 2. The van der Waals surface area contributed by atoms with E-state index in [1.165, 1.54) is 4.90 Å². The van der Waals surface area contributed by atoms with Crippen molar-refractivity contribution < 1.29 is 19.2 Å². The number of hydrogen-bond acceptors (Lipinski definition) is 5. The normalized spacial score (nSPS) is 17.2. The first-order valence-electron chi connectivity index (χ1n) is 9.01. The van der Waals surface area contributed by atoms with Crippen molar-refractivity contribution in [3.63, 3.8) is 0 Å². The van der Waals surface area contributed by atoms with E-state index in [2.05, 4.69) is 10.6 Å². The number of piperazine rings is 1. The van der Waals surface area contributed by atoms with Gasteiger partial charge in [0.25, 0.3) is 0 Å². The molecule has 9 nitrogen and oxygen atoms in total. The van der Waals surface area contributed by atoms with E-state index < -0.39 is 0 Å². The zero-order chi connectivity index (χ0) is 20.3. The number of carbonyl (C=O) groups is 4. The van der Waals surface area contributed by atoms with Crippen molar-refractivity contribution in [1.29, 1.82) is 0 Å². The number of nitrogens with zero attached hydrogens (tertiary/aromatic N) is 3. The van der Waals surface area contributed by atoms with Gasteiger partial charge in [-0.25, -0.2) is 4.79 Å². The van der Waals surface area contributed by atoms with Gasteiger partial charge in [0.05, 0.1) is 17.3 Å². The van der Waals surface area contributed by atoms with Crippen LogP contribution in [-0.4, -0.2) is 73.3 Å². The highest BCUT2D eigenvalue weighted by Crippen LogP contribution is 2.29. The Labute approximate surface area is 167 Å². The molecule has 0 aliphatic carbocycles. The molecule has 2 N–H and O–H groups in total. The minimum absolute atomic E-state index is 0.0548. The van der Waals surface area contributed by atoms with Gasteiger partial charge < -0.3 is 20.4 Å². The highest BCUT2D eigenvalue weighted by atomic mass is 35.5. The van der Waals surface area contributed by atoms with Crippen LogP contribution in [0.15, 0.2) is 18.2 Å². The fourth-order valence-electron chi connectivity index (χ4n) is 3.20. The Kier molecular flexibility index (Phi) is 6.03. The molecule has 0 atom stereocenters. The van der Waals surface area contributed by atoms with Crippen LogP contribution in [0, 0.1) is 0 Å². The van der Waals surface area contributed by atoms with E-state index >= 15 is 0 Å². The van der Waals surface area contributed by atoms with Crippen LogP contribution in [0.25, 0.3) is 0 Å². The van der Waals surface area contributed by atoms with Crippen molar-refractivity contribution in [2.24, 2.45) is 0 Å². The molecule has 3 rings (SSSR count). The number of rotatable bonds is 6. The van der Waals surface area contributed by atoms with E-state index in [9.17, 15) is 19.2 Å². The minimum atomic E-state index is -0.334. The lowest BCUT2D eigenvalue weighted by Gasteiger charge is -2.29. The molecule has 28 heavy (non-hydrogen) atoms. The summed E-state index contributed by atoms with van der Waals surface area (Å²) in [6, 6.07) is 4.81. The van der Waals surface area contributed by atoms with E-state index in [0.29, 0.717) is 30.2 Å². The molecule has 150 valence electrons. The van der Waals surface area contributed by atoms with Crippen molar-refractivity contribution in [3.8, 4) is 0 Å². The van der Waals surface area contributed by atoms with Crippen LogP contribution in [0.5, 0.6) is 0 Å². The van der Waals surface area contributed by atoms with E-state index in [1.54, 1.807) is 25.2 Å². The lowest BCUT2D eigenvalue weighted by Crippen LogP contribution is -2.47. The fourth-order valence-corrected chi connectivity index (χ4v) is 3.50.